The number of hydrogen-bond donors (Lipinski definition) is 1. The summed E-state index contributed by atoms with van der Waals surface area (Å²) in [6.45, 7) is 0.718. The smallest absolute Gasteiger partial charge is 0.230 e. The molecule has 1 N–H and O–H groups in total. The number of benzene rings is 1. The fraction of sp³-hybridized carbons (Fsp3) is 0.176. The molecule has 0 saturated heterocycles. The van der Waals surface area contributed by atoms with Gasteiger partial charge in [-0.05, 0) is 35.9 Å². The Hall–Kier alpha value is -2.82. The SMILES string of the molecule is O=C(Cc1cccc2nccn12)Nc1ccc2c(c1)CCO2. The first-order chi connectivity index (χ1) is 10.8. The summed E-state index contributed by atoms with van der Waals surface area (Å²) >= 11 is 0. The van der Waals surface area contributed by atoms with E-state index in [0.29, 0.717) is 6.42 Å². The summed E-state index contributed by atoms with van der Waals surface area (Å²) in [5.74, 6) is 0.876. The van der Waals surface area contributed by atoms with E-state index < -0.39 is 0 Å². The molecule has 0 saturated carbocycles. The lowest BCUT2D eigenvalue weighted by molar-refractivity contribution is -0.115. The molecule has 5 nitrogen and oxygen atoms in total. The zero-order valence-electron chi connectivity index (χ0n) is 12.0. The van der Waals surface area contributed by atoms with E-state index in [4.69, 9.17) is 4.74 Å². The maximum absolute atomic E-state index is 12.3. The maximum Gasteiger partial charge on any atom is 0.230 e. The van der Waals surface area contributed by atoms with Crippen LogP contribution >= 0.6 is 0 Å². The van der Waals surface area contributed by atoms with Crippen LogP contribution in [0.3, 0.4) is 0 Å². The van der Waals surface area contributed by atoms with Crippen LogP contribution in [0.5, 0.6) is 5.75 Å². The molecule has 110 valence electrons. The molecule has 1 aliphatic rings. The van der Waals surface area contributed by atoms with E-state index in [9.17, 15) is 4.79 Å². The molecule has 0 fully saturated rings. The maximum atomic E-state index is 12.3. The molecule has 4 rings (SSSR count). The summed E-state index contributed by atoms with van der Waals surface area (Å²) in [7, 11) is 0. The Kier molecular flexibility index (Phi) is 3.04. The Morgan fingerprint density at radius 3 is 3.23 bits per heavy atom. The Morgan fingerprint density at radius 1 is 1.32 bits per heavy atom. The number of aromatic nitrogens is 2. The van der Waals surface area contributed by atoms with Gasteiger partial charge in [-0.1, -0.05) is 6.07 Å². The topological polar surface area (TPSA) is 55.6 Å². The predicted octanol–water partition coefficient (Wildman–Crippen LogP) is 2.45. The van der Waals surface area contributed by atoms with Gasteiger partial charge in [0, 0.05) is 30.2 Å². The molecule has 0 bridgehead atoms. The molecule has 3 aromatic rings. The summed E-state index contributed by atoms with van der Waals surface area (Å²) < 4.78 is 7.40. The minimum absolute atomic E-state index is 0.0416. The van der Waals surface area contributed by atoms with Gasteiger partial charge in [-0.3, -0.25) is 4.79 Å². The minimum Gasteiger partial charge on any atom is -0.493 e. The standard InChI is InChI=1S/C17H15N3O2/c21-17(11-14-2-1-3-16-18-7-8-20(14)16)19-13-4-5-15-12(10-13)6-9-22-15/h1-5,7-8,10H,6,9,11H2,(H,19,21). The van der Waals surface area contributed by atoms with Gasteiger partial charge in [0.2, 0.25) is 5.91 Å². The van der Waals surface area contributed by atoms with Crippen molar-refractivity contribution in [3.63, 3.8) is 0 Å². The van der Waals surface area contributed by atoms with E-state index in [1.165, 1.54) is 0 Å². The van der Waals surface area contributed by atoms with Crippen LogP contribution in [0.15, 0.2) is 48.8 Å². The van der Waals surface area contributed by atoms with Crippen molar-refractivity contribution in [2.75, 3.05) is 11.9 Å². The Bertz CT molecular complexity index is 854. The van der Waals surface area contributed by atoms with Gasteiger partial charge >= 0.3 is 0 Å². The van der Waals surface area contributed by atoms with Gasteiger partial charge in [0.1, 0.15) is 11.4 Å². The molecule has 1 aliphatic heterocycles. The number of nitrogens with zero attached hydrogens (tertiary/aromatic N) is 2. The second-order valence-corrected chi connectivity index (χ2v) is 5.32. The predicted molar refractivity (Wildman–Crippen MR) is 83.2 cm³/mol. The quantitative estimate of drug-likeness (QED) is 0.807. The van der Waals surface area contributed by atoms with Crippen molar-refractivity contribution in [2.24, 2.45) is 0 Å². The highest BCUT2D eigenvalue weighted by Crippen LogP contribution is 2.27. The van der Waals surface area contributed by atoms with Crippen LogP contribution in [0.2, 0.25) is 0 Å². The van der Waals surface area contributed by atoms with Gasteiger partial charge < -0.3 is 14.5 Å². The van der Waals surface area contributed by atoms with Crippen LogP contribution in [0, 0.1) is 0 Å². The third kappa shape index (κ3) is 2.30. The van der Waals surface area contributed by atoms with Crippen molar-refractivity contribution in [2.45, 2.75) is 12.8 Å². The molecule has 3 heterocycles. The van der Waals surface area contributed by atoms with Crippen LogP contribution in [0.25, 0.3) is 5.65 Å². The molecular weight excluding hydrogens is 278 g/mol. The number of anilines is 1. The molecule has 0 unspecified atom stereocenters. The number of pyridine rings is 1. The van der Waals surface area contributed by atoms with Crippen LogP contribution in [0.4, 0.5) is 5.69 Å². The highest BCUT2D eigenvalue weighted by molar-refractivity contribution is 5.92. The molecule has 22 heavy (non-hydrogen) atoms. The van der Waals surface area contributed by atoms with E-state index in [-0.39, 0.29) is 5.91 Å². The molecular formula is C17H15N3O2. The summed E-state index contributed by atoms with van der Waals surface area (Å²) in [4.78, 5) is 16.5. The summed E-state index contributed by atoms with van der Waals surface area (Å²) in [5, 5.41) is 2.95. The first-order valence-electron chi connectivity index (χ1n) is 7.26. The lowest BCUT2D eigenvalue weighted by Gasteiger charge is -2.08. The Balaban J connectivity index is 1.52. The van der Waals surface area contributed by atoms with Gasteiger partial charge in [0.05, 0.1) is 13.0 Å². The van der Waals surface area contributed by atoms with Crippen LogP contribution in [-0.4, -0.2) is 21.9 Å². The second kappa shape index (κ2) is 5.18. The lowest BCUT2D eigenvalue weighted by atomic mass is 10.1. The highest BCUT2D eigenvalue weighted by Gasteiger charge is 2.13. The zero-order valence-corrected chi connectivity index (χ0v) is 12.0. The van der Waals surface area contributed by atoms with Crippen molar-refractivity contribution in [3.05, 3.63) is 60.0 Å². The van der Waals surface area contributed by atoms with Gasteiger partial charge in [0.25, 0.3) is 0 Å². The second-order valence-electron chi connectivity index (χ2n) is 5.32. The van der Waals surface area contributed by atoms with Crippen molar-refractivity contribution in [1.82, 2.24) is 9.38 Å². The molecule has 0 atom stereocenters. The molecule has 1 amide bonds. The highest BCUT2D eigenvalue weighted by atomic mass is 16.5. The number of amides is 1. The summed E-state index contributed by atoms with van der Waals surface area (Å²) in [5.41, 5.74) is 3.72. The average Bonchev–Trinajstić information content (AvgIpc) is 3.15. The Labute approximate surface area is 127 Å². The fourth-order valence-electron chi connectivity index (χ4n) is 2.78. The van der Waals surface area contributed by atoms with E-state index in [1.807, 2.05) is 47.0 Å². The van der Waals surface area contributed by atoms with Crippen molar-refractivity contribution in [3.8, 4) is 5.75 Å². The van der Waals surface area contributed by atoms with Gasteiger partial charge in [-0.2, -0.15) is 0 Å². The monoisotopic (exact) mass is 293 g/mol. The zero-order chi connectivity index (χ0) is 14.9. The number of carbonyl (C=O) groups excluding carboxylic acids is 1. The lowest BCUT2D eigenvalue weighted by Crippen LogP contribution is -2.16. The van der Waals surface area contributed by atoms with Crippen LogP contribution in [-0.2, 0) is 17.6 Å². The minimum atomic E-state index is -0.0416. The Morgan fingerprint density at radius 2 is 2.27 bits per heavy atom. The summed E-state index contributed by atoms with van der Waals surface area (Å²) in [6, 6.07) is 11.5. The normalized spacial score (nSPS) is 12.9. The molecule has 0 aliphatic carbocycles. The van der Waals surface area contributed by atoms with Gasteiger partial charge in [0.15, 0.2) is 0 Å². The van der Waals surface area contributed by atoms with Crippen molar-refractivity contribution in [1.29, 1.82) is 0 Å². The van der Waals surface area contributed by atoms with Crippen LogP contribution in [0.1, 0.15) is 11.3 Å². The first-order valence-corrected chi connectivity index (χ1v) is 7.26. The van der Waals surface area contributed by atoms with Crippen LogP contribution < -0.4 is 10.1 Å². The number of rotatable bonds is 3. The first kappa shape index (κ1) is 12.9. The number of ether oxygens (including phenoxy) is 1. The summed E-state index contributed by atoms with van der Waals surface area (Å²) in [6.07, 6.45) is 4.80. The number of nitrogens with one attached hydrogen (secondary N) is 1. The van der Waals surface area contributed by atoms with Gasteiger partial charge in [-0.15, -0.1) is 0 Å². The average molecular weight is 293 g/mol. The van der Waals surface area contributed by atoms with Crippen molar-refractivity contribution < 1.29 is 9.53 Å². The number of carbonyl (C=O) groups is 1. The van der Waals surface area contributed by atoms with E-state index in [1.54, 1.807) is 6.20 Å². The molecule has 0 spiro atoms. The molecule has 0 radical (unpaired) electrons. The third-order valence-corrected chi connectivity index (χ3v) is 3.83. The van der Waals surface area contributed by atoms with E-state index in [2.05, 4.69) is 10.3 Å². The largest absolute Gasteiger partial charge is 0.493 e. The molecule has 1 aromatic carbocycles. The third-order valence-electron chi connectivity index (χ3n) is 3.83. The fourth-order valence-corrected chi connectivity index (χ4v) is 2.78. The van der Waals surface area contributed by atoms with Gasteiger partial charge in [-0.25, -0.2) is 4.98 Å². The number of hydrogen-bond acceptors (Lipinski definition) is 3. The van der Waals surface area contributed by atoms with E-state index in [0.717, 1.165) is 41.4 Å². The molecule has 5 heteroatoms. The molecule has 2 aromatic heterocycles. The van der Waals surface area contributed by atoms with E-state index >= 15 is 0 Å². The van der Waals surface area contributed by atoms with Crippen molar-refractivity contribution >= 4 is 17.2 Å². The number of imidazole rings is 1. The number of fused-ring (bicyclic) bond motifs is 2.